The molecule has 3 atom stereocenters. The summed E-state index contributed by atoms with van der Waals surface area (Å²) in [4.78, 5) is 0. The number of benzene rings is 1. The molecule has 0 N–H and O–H groups in total. The van der Waals surface area contributed by atoms with Crippen LogP contribution < -0.4 is 4.74 Å². The summed E-state index contributed by atoms with van der Waals surface area (Å²) in [5.41, 5.74) is 1.15. The van der Waals surface area contributed by atoms with Gasteiger partial charge in [0.25, 0.3) is 0 Å². The van der Waals surface area contributed by atoms with Crippen molar-refractivity contribution >= 4 is 0 Å². The van der Waals surface area contributed by atoms with Crippen LogP contribution in [0, 0.1) is 5.92 Å². The van der Waals surface area contributed by atoms with Crippen LogP contribution in [0.2, 0.25) is 0 Å². The Kier molecular flexibility index (Phi) is 5.83. The number of methoxy groups -OCH3 is 2. The van der Waals surface area contributed by atoms with Gasteiger partial charge in [-0.25, -0.2) is 0 Å². The molecule has 1 aliphatic rings. The minimum absolute atomic E-state index is 0.207. The second-order valence-electron chi connectivity index (χ2n) is 5.31. The van der Waals surface area contributed by atoms with Crippen LogP contribution in [0.25, 0.3) is 0 Å². The van der Waals surface area contributed by atoms with Crippen LogP contribution in [-0.2, 0) is 20.8 Å². The Morgan fingerprint density at radius 2 is 1.95 bits per heavy atom. The quantitative estimate of drug-likeness (QED) is 0.652. The Morgan fingerprint density at radius 3 is 2.50 bits per heavy atom. The summed E-state index contributed by atoms with van der Waals surface area (Å²) in [6, 6.07) is 7.94. The number of ether oxygens (including phenoxy) is 4. The maximum absolute atomic E-state index is 5.78. The van der Waals surface area contributed by atoms with E-state index in [1.54, 1.807) is 14.2 Å². The maximum atomic E-state index is 5.78. The summed E-state index contributed by atoms with van der Waals surface area (Å²) in [6.45, 7) is 4.34. The van der Waals surface area contributed by atoms with Gasteiger partial charge in [-0.1, -0.05) is 19.1 Å². The molecule has 0 unspecified atom stereocenters. The molecule has 20 heavy (non-hydrogen) atoms. The van der Waals surface area contributed by atoms with Crippen LogP contribution in [0.15, 0.2) is 24.3 Å². The summed E-state index contributed by atoms with van der Waals surface area (Å²) >= 11 is 0. The first-order chi connectivity index (χ1) is 9.72. The van der Waals surface area contributed by atoms with E-state index in [1.807, 2.05) is 24.3 Å². The molecule has 1 aromatic rings. The van der Waals surface area contributed by atoms with Crippen LogP contribution in [0.4, 0.5) is 0 Å². The fraction of sp³-hybridized carbons (Fsp3) is 0.625. The normalized spacial score (nSPS) is 20.4. The molecular weight excluding hydrogens is 256 g/mol. The molecule has 0 aromatic heterocycles. The van der Waals surface area contributed by atoms with E-state index >= 15 is 0 Å². The molecule has 4 nitrogen and oxygen atoms in total. The molecule has 1 fully saturated rings. The average Bonchev–Trinajstić information content (AvgIpc) is 3.29. The summed E-state index contributed by atoms with van der Waals surface area (Å²) in [5, 5.41) is 0. The van der Waals surface area contributed by atoms with Crippen LogP contribution in [-0.4, -0.2) is 39.6 Å². The molecule has 4 heteroatoms. The standard InChI is InChI=1S/C16H24O4/c1-12(16(18-3)8-15-11-20-15)9-19-10-13-4-6-14(17-2)7-5-13/h4-7,12,15-16H,8-11H2,1-3H3/t12-,15+,16-/m0/s1. The first-order valence-corrected chi connectivity index (χ1v) is 7.08. The second kappa shape index (κ2) is 7.62. The van der Waals surface area contributed by atoms with Crippen molar-refractivity contribution < 1.29 is 18.9 Å². The molecule has 0 aliphatic carbocycles. The fourth-order valence-corrected chi connectivity index (χ4v) is 2.22. The zero-order valence-electron chi connectivity index (χ0n) is 12.5. The Morgan fingerprint density at radius 1 is 1.25 bits per heavy atom. The van der Waals surface area contributed by atoms with Crippen molar-refractivity contribution in [3.05, 3.63) is 29.8 Å². The highest BCUT2D eigenvalue weighted by molar-refractivity contribution is 5.26. The number of rotatable bonds is 9. The number of hydrogen-bond acceptors (Lipinski definition) is 4. The van der Waals surface area contributed by atoms with E-state index in [0.717, 1.165) is 24.3 Å². The zero-order valence-corrected chi connectivity index (χ0v) is 12.5. The predicted molar refractivity (Wildman–Crippen MR) is 77.0 cm³/mol. The maximum Gasteiger partial charge on any atom is 0.118 e. The Hall–Kier alpha value is -1.10. The van der Waals surface area contributed by atoms with Crippen LogP contribution in [0.3, 0.4) is 0 Å². The molecular formula is C16H24O4. The van der Waals surface area contributed by atoms with Gasteiger partial charge < -0.3 is 18.9 Å². The lowest BCUT2D eigenvalue weighted by Gasteiger charge is -2.22. The van der Waals surface area contributed by atoms with Gasteiger partial charge in [0.05, 0.1) is 39.1 Å². The third kappa shape index (κ3) is 4.78. The van der Waals surface area contributed by atoms with Gasteiger partial charge in [-0.2, -0.15) is 0 Å². The third-order valence-electron chi connectivity index (χ3n) is 3.64. The average molecular weight is 280 g/mol. The van der Waals surface area contributed by atoms with Gasteiger partial charge in [0, 0.05) is 19.4 Å². The van der Waals surface area contributed by atoms with Gasteiger partial charge in [0.15, 0.2) is 0 Å². The molecule has 0 spiro atoms. The molecule has 2 rings (SSSR count). The number of hydrogen-bond donors (Lipinski definition) is 0. The minimum atomic E-state index is 0.207. The van der Waals surface area contributed by atoms with Crippen molar-refractivity contribution in [2.24, 2.45) is 5.92 Å². The predicted octanol–water partition coefficient (Wildman–Crippen LogP) is 2.65. The summed E-state index contributed by atoms with van der Waals surface area (Å²) in [7, 11) is 3.43. The van der Waals surface area contributed by atoms with E-state index in [4.69, 9.17) is 18.9 Å². The van der Waals surface area contributed by atoms with Gasteiger partial charge in [0.2, 0.25) is 0 Å². The second-order valence-corrected chi connectivity index (χ2v) is 5.31. The smallest absolute Gasteiger partial charge is 0.118 e. The highest BCUT2D eigenvalue weighted by Gasteiger charge is 2.29. The molecule has 0 saturated carbocycles. The van der Waals surface area contributed by atoms with Gasteiger partial charge in [-0.15, -0.1) is 0 Å². The van der Waals surface area contributed by atoms with Gasteiger partial charge >= 0.3 is 0 Å². The monoisotopic (exact) mass is 280 g/mol. The first kappa shape index (κ1) is 15.3. The topological polar surface area (TPSA) is 40.2 Å². The summed E-state index contributed by atoms with van der Waals surface area (Å²) in [6.07, 6.45) is 1.56. The van der Waals surface area contributed by atoms with E-state index < -0.39 is 0 Å². The number of epoxide rings is 1. The Balaban J connectivity index is 1.70. The van der Waals surface area contributed by atoms with E-state index in [-0.39, 0.29) is 6.10 Å². The lowest BCUT2D eigenvalue weighted by Crippen LogP contribution is -2.26. The van der Waals surface area contributed by atoms with E-state index in [9.17, 15) is 0 Å². The molecule has 0 bridgehead atoms. The van der Waals surface area contributed by atoms with Gasteiger partial charge in [-0.05, 0) is 17.7 Å². The van der Waals surface area contributed by atoms with E-state index in [0.29, 0.717) is 25.2 Å². The highest BCUT2D eigenvalue weighted by Crippen LogP contribution is 2.22. The van der Waals surface area contributed by atoms with Crippen LogP contribution >= 0.6 is 0 Å². The molecule has 1 saturated heterocycles. The SMILES string of the molecule is COc1ccc(COC[C@H](C)[C@H](C[C@@H]2CO2)OC)cc1. The Labute approximate surface area is 121 Å². The van der Waals surface area contributed by atoms with Gasteiger partial charge in [-0.3, -0.25) is 0 Å². The minimum Gasteiger partial charge on any atom is -0.497 e. The fourth-order valence-electron chi connectivity index (χ4n) is 2.22. The van der Waals surface area contributed by atoms with Crippen molar-refractivity contribution in [2.45, 2.75) is 32.2 Å². The van der Waals surface area contributed by atoms with Crippen LogP contribution in [0.5, 0.6) is 5.75 Å². The molecule has 1 heterocycles. The Bertz CT molecular complexity index is 386. The third-order valence-corrected chi connectivity index (χ3v) is 3.64. The summed E-state index contributed by atoms with van der Waals surface area (Å²) in [5.74, 6) is 1.23. The van der Waals surface area contributed by atoms with E-state index in [2.05, 4.69) is 6.92 Å². The van der Waals surface area contributed by atoms with Crippen LogP contribution in [0.1, 0.15) is 18.9 Å². The highest BCUT2D eigenvalue weighted by atomic mass is 16.6. The van der Waals surface area contributed by atoms with E-state index in [1.165, 1.54) is 0 Å². The zero-order chi connectivity index (χ0) is 14.4. The molecule has 0 amide bonds. The van der Waals surface area contributed by atoms with Crippen molar-refractivity contribution in [1.29, 1.82) is 0 Å². The largest absolute Gasteiger partial charge is 0.497 e. The molecule has 1 aromatic carbocycles. The lowest BCUT2D eigenvalue weighted by molar-refractivity contribution is -0.00324. The molecule has 1 aliphatic heterocycles. The molecule has 112 valence electrons. The summed E-state index contributed by atoms with van der Waals surface area (Å²) < 4.78 is 21.7. The molecule has 0 radical (unpaired) electrons. The first-order valence-electron chi connectivity index (χ1n) is 7.08. The van der Waals surface area contributed by atoms with Crippen molar-refractivity contribution in [2.75, 3.05) is 27.4 Å². The van der Waals surface area contributed by atoms with Crippen molar-refractivity contribution in [1.82, 2.24) is 0 Å². The van der Waals surface area contributed by atoms with Crippen molar-refractivity contribution in [3.63, 3.8) is 0 Å². The lowest BCUT2D eigenvalue weighted by atomic mass is 10.0. The van der Waals surface area contributed by atoms with Crippen molar-refractivity contribution in [3.8, 4) is 5.75 Å². The van der Waals surface area contributed by atoms with Gasteiger partial charge in [0.1, 0.15) is 5.75 Å².